The van der Waals surface area contributed by atoms with E-state index in [4.69, 9.17) is 16.6 Å². The summed E-state index contributed by atoms with van der Waals surface area (Å²) >= 11 is 9.81. The van der Waals surface area contributed by atoms with E-state index in [1.807, 2.05) is 85.5 Å². The molecule has 1 N–H and O–H groups in total. The van der Waals surface area contributed by atoms with E-state index in [1.54, 1.807) is 4.68 Å². The molecule has 9 heteroatoms. The van der Waals surface area contributed by atoms with Crippen LogP contribution in [0.5, 0.6) is 0 Å². The molecule has 0 atom stereocenters. The molecule has 0 aliphatic rings. The van der Waals surface area contributed by atoms with E-state index in [-0.39, 0.29) is 5.91 Å². The number of aromatic nitrogens is 5. The van der Waals surface area contributed by atoms with Crippen molar-refractivity contribution in [2.75, 3.05) is 5.32 Å². The second-order valence-corrected chi connectivity index (χ2v) is 9.39. The molecule has 0 saturated heterocycles. The third-order valence-corrected chi connectivity index (χ3v) is 6.70. The molecule has 0 bridgehead atoms. The molecule has 5 rings (SSSR count). The molecule has 0 aliphatic carbocycles. The topological polar surface area (TPSA) is 77.6 Å². The van der Waals surface area contributed by atoms with Crippen LogP contribution in [0.25, 0.3) is 22.2 Å². The van der Waals surface area contributed by atoms with Crippen LogP contribution >= 0.6 is 27.5 Å². The van der Waals surface area contributed by atoms with E-state index in [2.05, 4.69) is 31.4 Å². The summed E-state index contributed by atoms with van der Waals surface area (Å²) in [5, 5.41) is 13.5. The van der Waals surface area contributed by atoms with Crippen LogP contribution < -0.4 is 5.32 Å². The van der Waals surface area contributed by atoms with Gasteiger partial charge in [0, 0.05) is 34.9 Å². The van der Waals surface area contributed by atoms with Gasteiger partial charge in [-0.3, -0.25) is 14.2 Å². The number of halogens is 2. The summed E-state index contributed by atoms with van der Waals surface area (Å²) in [4.78, 5) is 18.3. The van der Waals surface area contributed by atoms with E-state index in [9.17, 15) is 4.79 Å². The fourth-order valence-corrected chi connectivity index (χ4v) is 4.58. The van der Waals surface area contributed by atoms with Crippen LogP contribution in [-0.4, -0.2) is 30.5 Å². The Bertz CT molecular complexity index is 1560. The molecular weight excluding hydrogens is 528 g/mol. The molecule has 1 amide bonds. The van der Waals surface area contributed by atoms with Crippen molar-refractivity contribution in [2.45, 2.75) is 26.9 Å². The van der Waals surface area contributed by atoms with Crippen molar-refractivity contribution in [3.8, 4) is 11.3 Å². The maximum Gasteiger partial charge on any atom is 0.257 e. The van der Waals surface area contributed by atoms with E-state index < -0.39 is 0 Å². The Morgan fingerprint density at radius 3 is 2.60 bits per heavy atom. The Morgan fingerprint density at radius 2 is 1.83 bits per heavy atom. The summed E-state index contributed by atoms with van der Waals surface area (Å²) in [5.41, 5.74) is 4.66. The molecule has 0 aliphatic heterocycles. The summed E-state index contributed by atoms with van der Waals surface area (Å²) in [6.07, 6.45) is 3.78. The number of rotatable bonds is 6. The van der Waals surface area contributed by atoms with Gasteiger partial charge in [-0.1, -0.05) is 48.0 Å². The number of fused-ring (bicyclic) bond motifs is 1. The predicted octanol–water partition coefficient (Wildman–Crippen LogP) is 6.34. The first-order valence-corrected chi connectivity index (χ1v) is 12.3. The molecular formula is C26H22BrClN6O. The largest absolute Gasteiger partial charge is 0.304 e. The molecule has 3 heterocycles. The zero-order valence-corrected chi connectivity index (χ0v) is 21.5. The molecule has 2 aromatic carbocycles. The lowest BCUT2D eigenvalue weighted by atomic mass is 10.0. The van der Waals surface area contributed by atoms with Crippen molar-refractivity contribution < 1.29 is 4.79 Å². The zero-order valence-electron chi connectivity index (χ0n) is 19.2. The van der Waals surface area contributed by atoms with Crippen molar-refractivity contribution >= 4 is 50.2 Å². The number of anilines is 1. The molecule has 0 fully saturated rings. The van der Waals surface area contributed by atoms with Crippen molar-refractivity contribution in [3.63, 3.8) is 0 Å². The van der Waals surface area contributed by atoms with Gasteiger partial charge in [-0.15, -0.1) is 0 Å². The Hall–Kier alpha value is -3.49. The van der Waals surface area contributed by atoms with Crippen molar-refractivity contribution in [3.05, 3.63) is 93.3 Å². The third kappa shape index (κ3) is 4.72. The average molecular weight is 550 g/mol. The van der Waals surface area contributed by atoms with Gasteiger partial charge in [0.1, 0.15) is 0 Å². The lowest BCUT2D eigenvalue weighted by Gasteiger charge is -2.10. The van der Waals surface area contributed by atoms with Crippen molar-refractivity contribution in [2.24, 2.45) is 0 Å². The van der Waals surface area contributed by atoms with E-state index >= 15 is 0 Å². The first-order chi connectivity index (χ1) is 16.9. The minimum Gasteiger partial charge on any atom is -0.304 e. The number of carbonyl (C=O) groups excluding carboxylic acids is 1. The number of benzene rings is 2. The average Bonchev–Trinajstić information content (AvgIpc) is 3.41. The van der Waals surface area contributed by atoms with Gasteiger partial charge >= 0.3 is 0 Å². The number of aryl methyl sites for hydroxylation is 2. The van der Waals surface area contributed by atoms with Crippen LogP contribution in [0.3, 0.4) is 0 Å². The highest BCUT2D eigenvalue weighted by atomic mass is 79.9. The molecule has 0 unspecified atom stereocenters. The third-order valence-electron chi connectivity index (χ3n) is 5.75. The van der Waals surface area contributed by atoms with Crippen LogP contribution in [-0.2, 0) is 13.1 Å². The zero-order chi connectivity index (χ0) is 24.5. The van der Waals surface area contributed by atoms with Gasteiger partial charge in [0.15, 0.2) is 5.82 Å². The molecule has 3 aromatic heterocycles. The summed E-state index contributed by atoms with van der Waals surface area (Å²) in [5.74, 6) is 0.161. The summed E-state index contributed by atoms with van der Waals surface area (Å²) < 4.78 is 4.28. The lowest BCUT2D eigenvalue weighted by molar-refractivity contribution is 0.102. The Kier molecular flexibility index (Phi) is 6.40. The summed E-state index contributed by atoms with van der Waals surface area (Å²) in [6, 6.07) is 17.0. The first-order valence-electron chi connectivity index (χ1n) is 11.1. The first kappa shape index (κ1) is 23.3. The fraction of sp³-hybridized carbons (Fsp3) is 0.154. The Labute approximate surface area is 215 Å². The maximum absolute atomic E-state index is 13.5. The number of carbonyl (C=O) groups is 1. The highest BCUT2D eigenvalue weighted by molar-refractivity contribution is 9.10. The SMILES string of the molecule is CCn1cc(-c2cc(C(=O)Nc3nn(Cc4ccccc4Cl)cc3Br)c3ccccc3n2)c(C)n1. The minimum absolute atomic E-state index is 0.269. The number of nitrogens with zero attached hydrogens (tertiary/aromatic N) is 5. The fourth-order valence-electron chi connectivity index (χ4n) is 3.97. The number of para-hydroxylation sites is 1. The number of hydrogen-bond donors (Lipinski definition) is 1. The van der Waals surface area contributed by atoms with E-state index in [0.29, 0.717) is 33.1 Å². The van der Waals surface area contributed by atoms with Crippen LogP contribution in [0.15, 0.2) is 71.5 Å². The van der Waals surface area contributed by atoms with Gasteiger partial charge in [-0.05, 0) is 53.5 Å². The monoisotopic (exact) mass is 548 g/mol. The number of nitrogens with one attached hydrogen (secondary N) is 1. The van der Waals surface area contributed by atoms with Gasteiger partial charge in [-0.25, -0.2) is 4.98 Å². The van der Waals surface area contributed by atoms with Gasteiger partial charge in [0.2, 0.25) is 0 Å². The number of amides is 1. The number of pyridine rings is 1. The van der Waals surface area contributed by atoms with E-state index in [0.717, 1.165) is 34.3 Å². The quantitative estimate of drug-likeness (QED) is 0.268. The van der Waals surface area contributed by atoms with Crippen LogP contribution in [0.2, 0.25) is 5.02 Å². The normalized spacial score (nSPS) is 11.2. The van der Waals surface area contributed by atoms with Gasteiger partial charge < -0.3 is 5.32 Å². The standard InChI is InChI=1S/C26H22BrClN6O/c1-3-33-14-20(16(2)31-33)24-12-19(18-9-5-7-11-23(18)29-24)26(35)30-25-21(27)15-34(32-25)13-17-8-4-6-10-22(17)28/h4-12,14-15H,3,13H2,1-2H3,(H,30,32,35). The highest BCUT2D eigenvalue weighted by Crippen LogP contribution is 2.28. The van der Waals surface area contributed by atoms with Crippen LogP contribution in [0.1, 0.15) is 28.5 Å². The second kappa shape index (κ2) is 9.64. The predicted molar refractivity (Wildman–Crippen MR) is 142 cm³/mol. The number of hydrogen-bond acceptors (Lipinski definition) is 4. The Morgan fingerprint density at radius 1 is 1.06 bits per heavy atom. The van der Waals surface area contributed by atoms with Crippen LogP contribution in [0, 0.1) is 6.92 Å². The molecule has 5 aromatic rings. The molecule has 0 spiro atoms. The van der Waals surface area contributed by atoms with Gasteiger partial charge in [-0.2, -0.15) is 10.2 Å². The maximum atomic E-state index is 13.5. The molecule has 7 nitrogen and oxygen atoms in total. The molecule has 176 valence electrons. The second-order valence-electron chi connectivity index (χ2n) is 8.12. The molecule has 0 radical (unpaired) electrons. The highest BCUT2D eigenvalue weighted by Gasteiger charge is 2.18. The smallest absolute Gasteiger partial charge is 0.257 e. The summed E-state index contributed by atoms with van der Waals surface area (Å²) in [6.45, 7) is 5.22. The van der Waals surface area contributed by atoms with Crippen LogP contribution in [0.4, 0.5) is 5.82 Å². The van der Waals surface area contributed by atoms with Crippen molar-refractivity contribution in [1.29, 1.82) is 0 Å². The van der Waals surface area contributed by atoms with Gasteiger partial charge in [0.05, 0.1) is 33.5 Å². The van der Waals surface area contributed by atoms with E-state index in [1.165, 1.54) is 0 Å². The lowest BCUT2D eigenvalue weighted by Crippen LogP contribution is -2.14. The minimum atomic E-state index is -0.269. The van der Waals surface area contributed by atoms with Gasteiger partial charge in [0.25, 0.3) is 5.91 Å². The molecule has 35 heavy (non-hydrogen) atoms. The summed E-state index contributed by atoms with van der Waals surface area (Å²) in [7, 11) is 0. The van der Waals surface area contributed by atoms with Crippen molar-refractivity contribution in [1.82, 2.24) is 24.5 Å². The Balaban J connectivity index is 1.49. The molecule has 0 saturated carbocycles.